The van der Waals surface area contributed by atoms with Gasteiger partial charge in [-0.05, 0) is 0 Å². The molecule has 96 valence electrons. The minimum atomic E-state index is -0.398. The normalized spacial score (nSPS) is 17.5. The van der Waals surface area contributed by atoms with Gasteiger partial charge >= 0.3 is 23.9 Å². The van der Waals surface area contributed by atoms with Crippen molar-refractivity contribution in [2.24, 2.45) is 11.8 Å². The molecular weight excluding hydrogens is 236 g/mol. The molecule has 2 aliphatic heterocycles. The van der Waals surface area contributed by atoms with Crippen LogP contribution < -0.4 is 11.8 Å². The minimum absolute atomic E-state index is 0.263. The molecule has 2 aliphatic rings. The van der Waals surface area contributed by atoms with Gasteiger partial charge in [0, 0.05) is 0 Å². The van der Waals surface area contributed by atoms with Gasteiger partial charge in [-0.1, -0.05) is 0 Å². The van der Waals surface area contributed by atoms with Gasteiger partial charge in [0.1, 0.15) is 0 Å². The van der Waals surface area contributed by atoms with Crippen molar-refractivity contribution in [2.45, 2.75) is 25.7 Å². The van der Waals surface area contributed by atoms with Crippen LogP contribution in [0.4, 0.5) is 0 Å². The molecule has 0 unspecified atom stereocenters. The van der Waals surface area contributed by atoms with Crippen molar-refractivity contribution >= 4 is 23.9 Å². The summed E-state index contributed by atoms with van der Waals surface area (Å²) in [5, 5.41) is 0. The van der Waals surface area contributed by atoms with Gasteiger partial charge in [-0.25, -0.2) is 4.94 Å². The van der Waals surface area contributed by atoms with Crippen LogP contribution in [0.3, 0.4) is 0 Å². The second-order valence-electron chi connectivity index (χ2n) is 2.83. The predicted octanol–water partition coefficient (Wildman–Crippen LogP) is -1.55. The van der Waals surface area contributed by atoms with Crippen molar-refractivity contribution in [2.75, 3.05) is 0 Å². The molecule has 9 nitrogen and oxygen atoms in total. The molecule has 0 aliphatic carbocycles. The third kappa shape index (κ3) is 8.02. The fourth-order valence-corrected chi connectivity index (χ4v) is 0.866. The Hall–Kier alpha value is -1.84. The van der Waals surface area contributed by atoms with Crippen LogP contribution in [0.15, 0.2) is 0 Å². The number of ether oxygens (including phenoxy) is 2. The molecule has 17 heavy (non-hydrogen) atoms. The number of rotatable bonds is 0. The largest absolute Gasteiger partial charge is 0.393 e. The summed E-state index contributed by atoms with van der Waals surface area (Å²) in [5.74, 6) is 6.66. The van der Waals surface area contributed by atoms with Crippen molar-refractivity contribution in [3.8, 4) is 0 Å². The highest BCUT2D eigenvalue weighted by Gasteiger charge is 2.19. The Morgan fingerprint density at radius 3 is 0.941 bits per heavy atom. The third-order valence-electron chi connectivity index (χ3n) is 1.52. The summed E-state index contributed by atoms with van der Waals surface area (Å²) in [6.07, 6.45) is 1.05. The lowest BCUT2D eigenvalue weighted by Gasteiger charge is -1.79. The van der Waals surface area contributed by atoms with Gasteiger partial charge in [0.25, 0.3) is 0 Å². The Morgan fingerprint density at radius 1 is 0.706 bits per heavy atom. The van der Waals surface area contributed by atoms with Gasteiger partial charge < -0.3 is 9.47 Å². The Morgan fingerprint density at radius 2 is 0.882 bits per heavy atom. The second-order valence-corrected chi connectivity index (χ2v) is 2.83. The summed E-state index contributed by atoms with van der Waals surface area (Å²) in [4.78, 5) is 43.3. The highest BCUT2D eigenvalue weighted by molar-refractivity contribution is 5.93. The summed E-state index contributed by atoms with van der Waals surface area (Å²) in [5.41, 5.74) is 0. The van der Waals surface area contributed by atoms with Gasteiger partial charge in [-0.3, -0.25) is 19.2 Å². The number of esters is 4. The summed E-state index contributed by atoms with van der Waals surface area (Å²) in [6, 6.07) is 0. The summed E-state index contributed by atoms with van der Waals surface area (Å²) in [7, 11) is 0. The first-order chi connectivity index (χ1) is 7.99. The van der Waals surface area contributed by atoms with E-state index in [1.165, 1.54) is 0 Å². The molecule has 0 bridgehead atoms. The van der Waals surface area contributed by atoms with Crippen molar-refractivity contribution in [3.05, 3.63) is 0 Å². The zero-order valence-corrected chi connectivity index (χ0v) is 8.84. The number of carbonyl (C=O) groups is 4. The maximum atomic E-state index is 10.0. The molecule has 0 saturated carbocycles. The lowest BCUT2D eigenvalue weighted by atomic mass is 10.4. The fraction of sp³-hybridized carbons (Fsp3) is 0.500. The Bertz CT molecular complexity index is 257. The van der Waals surface area contributed by atoms with E-state index in [-0.39, 0.29) is 25.7 Å². The molecule has 2 rings (SSSR count). The van der Waals surface area contributed by atoms with Crippen molar-refractivity contribution in [3.63, 3.8) is 0 Å². The molecule has 2 heterocycles. The monoisotopic (exact) mass is 248 g/mol. The van der Waals surface area contributed by atoms with E-state index in [1.54, 1.807) is 0 Å². The Balaban J connectivity index is 0.000000247. The van der Waals surface area contributed by atoms with Crippen LogP contribution in [-0.2, 0) is 33.6 Å². The zero-order chi connectivity index (χ0) is 13.3. The minimum Gasteiger partial charge on any atom is -0.393 e. The molecule has 0 amide bonds. The molecule has 0 radical (unpaired) electrons. The van der Waals surface area contributed by atoms with E-state index in [0.29, 0.717) is 0 Å². The van der Waals surface area contributed by atoms with Crippen LogP contribution >= 0.6 is 0 Å². The van der Waals surface area contributed by atoms with Crippen LogP contribution in [0.25, 0.3) is 0 Å². The highest BCUT2D eigenvalue weighted by atomic mass is 16.7. The Kier molecular flexibility index (Phi) is 7.43. The molecule has 0 spiro atoms. The van der Waals surface area contributed by atoms with Crippen molar-refractivity contribution in [1.29, 1.82) is 0 Å². The van der Waals surface area contributed by atoms with E-state index in [4.69, 9.17) is 0 Å². The number of nitrogens with two attached hydrogens (primary N) is 2. The first kappa shape index (κ1) is 15.2. The summed E-state index contributed by atoms with van der Waals surface area (Å²) < 4.78 is 8.17. The van der Waals surface area contributed by atoms with Crippen molar-refractivity contribution < 1.29 is 33.6 Å². The van der Waals surface area contributed by atoms with E-state index in [2.05, 4.69) is 26.2 Å². The van der Waals surface area contributed by atoms with Crippen LogP contribution in [-0.4, -0.2) is 23.9 Å². The van der Waals surface area contributed by atoms with E-state index < -0.39 is 23.9 Å². The predicted molar refractivity (Wildman–Crippen MR) is 50.1 cm³/mol. The summed E-state index contributed by atoms with van der Waals surface area (Å²) >= 11 is 0. The molecule has 0 aromatic rings. The lowest BCUT2D eigenvalue weighted by molar-refractivity contribution is -0.153. The van der Waals surface area contributed by atoms with Crippen LogP contribution in [0.2, 0.25) is 0 Å². The molecule has 4 N–H and O–H groups in total. The van der Waals surface area contributed by atoms with Gasteiger partial charge in [0.15, 0.2) is 0 Å². The van der Waals surface area contributed by atoms with Crippen LogP contribution in [0.1, 0.15) is 25.7 Å². The van der Waals surface area contributed by atoms with Gasteiger partial charge in [0.2, 0.25) is 0 Å². The Labute approximate surface area is 95.9 Å². The third-order valence-corrected chi connectivity index (χ3v) is 1.52. The van der Waals surface area contributed by atoms with Crippen molar-refractivity contribution in [1.82, 2.24) is 0 Å². The molecule has 2 fully saturated rings. The second kappa shape index (κ2) is 8.33. The van der Waals surface area contributed by atoms with Gasteiger partial charge in [-0.2, -0.15) is 11.8 Å². The maximum Gasteiger partial charge on any atom is 0.314 e. The molecular formula is C8H12N2O7. The number of hydrogen-bond acceptors (Lipinski definition) is 9. The fourth-order valence-electron chi connectivity index (χ4n) is 0.866. The van der Waals surface area contributed by atoms with E-state index >= 15 is 0 Å². The van der Waals surface area contributed by atoms with E-state index in [1.807, 2.05) is 0 Å². The SMILES string of the molecule is NON.O=C1CCC(=O)O1.O=C1CCC(=O)O1. The quantitative estimate of drug-likeness (QED) is 0.295. The molecule has 0 aromatic carbocycles. The maximum absolute atomic E-state index is 10.0. The standard InChI is InChI=1S/2C4H4O3.H4N2O/c2*5-3-1-2-4(6)7-3;1-3-2/h2*1-2H2;1-2H2. The first-order valence-corrected chi connectivity index (χ1v) is 4.52. The lowest BCUT2D eigenvalue weighted by Crippen LogP contribution is -2.03. The number of cyclic esters (lactones) is 4. The zero-order valence-electron chi connectivity index (χ0n) is 8.84. The number of carbonyl (C=O) groups excluding carboxylic acids is 4. The molecule has 0 aromatic heterocycles. The topological polar surface area (TPSA) is 148 Å². The molecule has 9 heteroatoms. The molecule has 0 atom stereocenters. The highest BCUT2D eigenvalue weighted by Crippen LogP contribution is 2.04. The van der Waals surface area contributed by atoms with Crippen LogP contribution in [0.5, 0.6) is 0 Å². The van der Waals surface area contributed by atoms with Gasteiger partial charge in [0.05, 0.1) is 25.7 Å². The average Bonchev–Trinajstić information content (AvgIpc) is 2.78. The molecule has 2 saturated heterocycles. The number of hydrogen-bond donors (Lipinski definition) is 2. The van der Waals surface area contributed by atoms with Gasteiger partial charge in [-0.15, -0.1) is 0 Å². The first-order valence-electron chi connectivity index (χ1n) is 4.52. The van der Waals surface area contributed by atoms with E-state index in [0.717, 1.165) is 0 Å². The average molecular weight is 248 g/mol. The smallest absolute Gasteiger partial charge is 0.314 e. The van der Waals surface area contributed by atoms with E-state index in [9.17, 15) is 19.2 Å². The van der Waals surface area contributed by atoms with Crippen LogP contribution in [0, 0.1) is 0 Å². The summed E-state index contributed by atoms with van der Waals surface area (Å²) in [6.45, 7) is 0.